The zero-order chi connectivity index (χ0) is 24.1. The number of nitro benzene ring substituents is 1. The summed E-state index contributed by atoms with van der Waals surface area (Å²) in [6, 6.07) is 12.4. The van der Waals surface area contributed by atoms with Gasteiger partial charge in [0.1, 0.15) is 17.5 Å². The molecule has 0 amide bonds. The molecule has 2 aromatic rings. The van der Waals surface area contributed by atoms with Crippen molar-refractivity contribution in [1.29, 1.82) is 0 Å². The van der Waals surface area contributed by atoms with E-state index in [9.17, 15) is 19.5 Å². The van der Waals surface area contributed by atoms with Crippen LogP contribution in [-0.2, 0) is 14.1 Å². The Morgan fingerprint density at radius 3 is 2.15 bits per heavy atom. The predicted molar refractivity (Wildman–Crippen MR) is 125 cm³/mol. The number of non-ortho nitro benzene ring substituents is 1. The molecular weight excluding hydrogens is 447 g/mol. The number of carbonyl (C=O) groups is 1. The van der Waals surface area contributed by atoms with Crippen LogP contribution in [-0.4, -0.2) is 23.5 Å². The molecule has 1 unspecified atom stereocenters. The zero-order valence-electron chi connectivity index (χ0n) is 19.0. The number of nitro groups is 1. The van der Waals surface area contributed by atoms with E-state index >= 15 is 0 Å². The van der Waals surface area contributed by atoms with Gasteiger partial charge in [-0.15, -0.1) is 0 Å². The van der Waals surface area contributed by atoms with Crippen molar-refractivity contribution in [3.8, 4) is 11.5 Å². The Morgan fingerprint density at radius 1 is 0.970 bits per heavy atom. The van der Waals surface area contributed by atoms with Crippen molar-refractivity contribution >= 4 is 19.4 Å². The minimum absolute atomic E-state index is 0.0833. The molecule has 0 bridgehead atoms. The molecule has 2 atom stereocenters. The maximum atomic E-state index is 13.5. The van der Waals surface area contributed by atoms with Crippen molar-refractivity contribution in [2.45, 2.75) is 58.4 Å². The van der Waals surface area contributed by atoms with Gasteiger partial charge in [-0.2, -0.15) is 5.09 Å². The normalized spacial score (nSPS) is 13.5. The van der Waals surface area contributed by atoms with Gasteiger partial charge in [0.05, 0.1) is 11.5 Å². The van der Waals surface area contributed by atoms with Gasteiger partial charge in [-0.05, 0) is 37.6 Å². The van der Waals surface area contributed by atoms with Crippen molar-refractivity contribution in [3.63, 3.8) is 0 Å². The third kappa shape index (κ3) is 9.63. The summed E-state index contributed by atoms with van der Waals surface area (Å²) in [7, 11) is -4.09. The summed E-state index contributed by atoms with van der Waals surface area (Å²) in [6.45, 7) is 3.94. The van der Waals surface area contributed by atoms with Gasteiger partial charge in [-0.25, -0.2) is 4.57 Å². The number of esters is 1. The van der Waals surface area contributed by atoms with E-state index in [2.05, 4.69) is 12.0 Å². The van der Waals surface area contributed by atoms with Crippen LogP contribution in [0.1, 0.15) is 52.4 Å². The summed E-state index contributed by atoms with van der Waals surface area (Å²) >= 11 is 0. The van der Waals surface area contributed by atoms with E-state index in [1.165, 1.54) is 50.5 Å². The Labute approximate surface area is 194 Å². The summed E-state index contributed by atoms with van der Waals surface area (Å²) in [4.78, 5) is 22.7. The second kappa shape index (κ2) is 13.6. The standard InChI is InChI=1S/C23H31N2O7P/c1-3-4-5-6-7-11-18-30-23(26)19(2)24-33(29,31-21-12-9-8-10-13-21)32-22-16-14-20(15-17-22)25(27)28/h8-10,12-17,19H,3-7,11,18H2,1-2H3,(H,24,29)/t19-,33?/m0/s1. The zero-order valence-corrected chi connectivity index (χ0v) is 19.9. The molecule has 0 aliphatic carbocycles. The van der Waals surface area contributed by atoms with Gasteiger partial charge < -0.3 is 13.8 Å². The van der Waals surface area contributed by atoms with Gasteiger partial charge in [0.25, 0.3) is 5.69 Å². The summed E-state index contributed by atoms with van der Waals surface area (Å²) in [5, 5.41) is 13.5. The molecule has 0 aliphatic heterocycles. The molecule has 0 radical (unpaired) electrons. The van der Waals surface area contributed by atoms with Crippen molar-refractivity contribution < 1.29 is 28.1 Å². The molecule has 1 N–H and O–H groups in total. The van der Waals surface area contributed by atoms with Gasteiger partial charge in [0.2, 0.25) is 0 Å². The van der Waals surface area contributed by atoms with Gasteiger partial charge in [0.15, 0.2) is 0 Å². The average Bonchev–Trinajstić information content (AvgIpc) is 2.79. The largest absolute Gasteiger partial charge is 0.513 e. The summed E-state index contributed by atoms with van der Waals surface area (Å²) in [5.41, 5.74) is -0.138. The first-order chi connectivity index (χ1) is 15.8. The monoisotopic (exact) mass is 478 g/mol. The Kier molecular flexibility index (Phi) is 10.9. The van der Waals surface area contributed by atoms with Gasteiger partial charge in [-0.1, -0.05) is 57.2 Å². The molecule has 0 aromatic heterocycles. The number of benzene rings is 2. The fraction of sp³-hybridized carbons (Fsp3) is 0.435. The van der Waals surface area contributed by atoms with Crippen LogP contribution in [0.15, 0.2) is 54.6 Å². The minimum Gasteiger partial charge on any atom is -0.465 e. The molecule has 33 heavy (non-hydrogen) atoms. The average molecular weight is 478 g/mol. The Morgan fingerprint density at radius 2 is 1.55 bits per heavy atom. The molecule has 9 nitrogen and oxygen atoms in total. The van der Waals surface area contributed by atoms with Crippen molar-refractivity contribution in [1.82, 2.24) is 5.09 Å². The maximum absolute atomic E-state index is 13.5. The summed E-state index contributed by atoms with van der Waals surface area (Å²) < 4.78 is 29.9. The van der Waals surface area contributed by atoms with Gasteiger partial charge in [0, 0.05) is 12.1 Å². The number of nitrogens with zero attached hydrogens (tertiary/aromatic N) is 1. The minimum atomic E-state index is -4.09. The van der Waals surface area contributed by atoms with Crippen molar-refractivity contribution in [2.24, 2.45) is 0 Å². The number of ether oxygens (including phenoxy) is 1. The lowest BCUT2D eigenvalue weighted by Gasteiger charge is -2.23. The Balaban J connectivity index is 2.00. The molecule has 0 fully saturated rings. The fourth-order valence-electron chi connectivity index (χ4n) is 2.93. The van der Waals surface area contributed by atoms with Crippen LogP contribution in [0.5, 0.6) is 11.5 Å². The van der Waals surface area contributed by atoms with Crippen LogP contribution < -0.4 is 14.1 Å². The SMILES string of the molecule is CCCCCCCCOC(=O)[C@H](C)NP(=O)(Oc1ccccc1)Oc1ccc([N+](=O)[O-])cc1. The van der Waals surface area contributed by atoms with E-state index in [-0.39, 0.29) is 23.8 Å². The molecule has 0 saturated heterocycles. The number of rotatable bonds is 15. The molecular formula is C23H31N2O7P. The van der Waals surface area contributed by atoms with Gasteiger partial charge in [-0.3, -0.25) is 14.9 Å². The quantitative estimate of drug-likeness (QED) is 0.108. The van der Waals surface area contributed by atoms with E-state index in [0.717, 1.165) is 19.3 Å². The van der Waals surface area contributed by atoms with Gasteiger partial charge >= 0.3 is 13.7 Å². The first kappa shape index (κ1) is 26.4. The topological polar surface area (TPSA) is 117 Å². The van der Waals surface area contributed by atoms with Crippen LogP contribution in [0.2, 0.25) is 0 Å². The van der Waals surface area contributed by atoms with Crippen molar-refractivity contribution in [3.05, 3.63) is 64.7 Å². The highest BCUT2D eigenvalue weighted by Gasteiger charge is 2.34. The van der Waals surface area contributed by atoms with Crippen LogP contribution in [0.25, 0.3) is 0 Å². The number of hydrogen-bond donors (Lipinski definition) is 1. The summed E-state index contributed by atoms with van der Waals surface area (Å²) in [5.74, 6) is -0.226. The van der Waals surface area contributed by atoms with E-state index in [0.29, 0.717) is 0 Å². The predicted octanol–water partition coefficient (Wildman–Crippen LogP) is 6.04. The molecule has 0 aliphatic rings. The van der Waals surface area contributed by atoms with Crippen molar-refractivity contribution in [2.75, 3.05) is 6.61 Å². The third-order valence-electron chi connectivity index (χ3n) is 4.69. The highest BCUT2D eigenvalue weighted by molar-refractivity contribution is 7.52. The van der Waals surface area contributed by atoms with Crippen LogP contribution in [0, 0.1) is 10.1 Å². The second-order valence-electron chi connectivity index (χ2n) is 7.53. The number of unbranched alkanes of at least 4 members (excludes halogenated alkanes) is 5. The molecule has 0 spiro atoms. The maximum Gasteiger partial charge on any atom is 0.513 e. The molecule has 10 heteroatoms. The highest BCUT2D eigenvalue weighted by atomic mass is 31.2. The summed E-state index contributed by atoms with van der Waals surface area (Å²) in [6.07, 6.45) is 6.38. The highest BCUT2D eigenvalue weighted by Crippen LogP contribution is 2.45. The first-order valence-corrected chi connectivity index (χ1v) is 12.6. The van der Waals surface area contributed by atoms with Crippen LogP contribution in [0.3, 0.4) is 0 Å². The Bertz CT molecular complexity index is 922. The van der Waals surface area contributed by atoms with E-state index < -0.39 is 24.7 Å². The van der Waals surface area contributed by atoms with Crippen LogP contribution >= 0.6 is 7.75 Å². The Hall–Kier alpha value is -2.90. The smallest absolute Gasteiger partial charge is 0.465 e. The lowest BCUT2D eigenvalue weighted by Crippen LogP contribution is -2.36. The lowest BCUT2D eigenvalue weighted by atomic mass is 10.1. The molecule has 0 saturated carbocycles. The molecule has 2 aromatic carbocycles. The fourth-order valence-corrected chi connectivity index (χ4v) is 4.45. The molecule has 2 rings (SSSR count). The molecule has 0 heterocycles. The van der Waals surface area contributed by atoms with E-state index in [1.807, 2.05) is 0 Å². The first-order valence-electron chi connectivity index (χ1n) is 11.1. The lowest BCUT2D eigenvalue weighted by molar-refractivity contribution is -0.384. The second-order valence-corrected chi connectivity index (χ2v) is 9.15. The third-order valence-corrected chi connectivity index (χ3v) is 6.30. The number of para-hydroxylation sites is 1. The van der Waals surface area contributed by atoms with E-state index in [1.54, 1.807) is 30.3 Å². The van der Waals surface area contributed by atoms with E-state index in [4.69, 9.17) is 13.8 Å². The number of carbonyl (C=O) groups excluding carboxylic acids is 1. The molecule has 180 valence electrons. The number of hydrogen-bond acceptors (Lipinski definition) is 7. The van der Waals surface area contributed by atoms with Crippen LogP contribution in [0.4, 0.5) is 5.69 Å². The number of nitrogens with one attached hydrogen (secondary N) is 1.